The Morgan fingerprint density at radius 1 is 0.892 bits per heavy atom. The van der Waals surface area contributed by atoms with Gasteiger partial charge in [0, 0.05) is 45.1 Å². The molecule has 0 aliphatic carbocycles. The third kappa shape index (κ3) is 5.30. The van der Waals surface area contributed by atoms with Gasteiger partial charge in [0.2, 0.25) is 0 Å². The Bertz CT molecular complexity index is 1240. The Hall–Kier alpha value is -3.51. The van der Waals surface area contributed by atoms with Crippen LogP contribution in [0.15, 0.2) is 73.1 Å². The van der Waals surface area contributed by atoms with Crippen LogP contribution in [0, 0.1) is 13.8 Å². The van der Waals surface area contributed by atoms with Gasteiger partial charge in [-0.2, -0.15) is 0 Å². The molecule has 2 fully saturated rings. The maximum Gasteiger partial charge on any atom is 0.327 e. The maximum absolute atomic E-state index is 13.9. The molecular weight excluding hydrogens is 460 g/mol. The minimum atomic E-state index is -0.765. The molecular formula is C31H36N4O2. The molecule has 5 rings (SSSR count). The molecule has 192 valence electrons. The van der Waals surface area contributed by atoms with E-state index in [0.717, 1.165) is 43.6 Å². The third-order valence-electron chi connectivity index (χ3n) is 7.96. The van der Waals surface area contributed by atoms with E-state index in [-0.39, 0.29) is 11.9 Å². The van der Waals surface area contributed by atoms with Crippen LogP contribution in [-0.2, 0) is 24.3 Å². The molecule has 1 aromatic heterocycles. The van der Waals surface area contributed by atoms with Gasteiger partial charge in [-0.25, -0.2) is 4.79 Å². The zero-order chi connectivity index (χ0) is 25.8. The summed E-state index contributed by atoms with van der Waals surface area (Å²) in [5.41, 5.74) is 5.31. The average Bonchev–Trinajstić information content (AvgIpc) is 3.10. The molecule has 1 spiro atoms. The van der Waals surface area contributed by atoms with Crippen LogP contribution in [0.1, 0.15) is 47.1 Å². The van der Waals surface area contributed by atoms with Crippen molar-refractivity contribution in [3.63, 3.8) is 0 Å². The van der Waals surface area contributed by atoms with E-state index in [1.807, 2.05) is 53.6 Å². The van der Waals surface area contributed by atoms with Gasteiger partial charge in [-0.3, -0.25) is 19.6 Å². The highest BCUT2D eigenvalue weighted by Gasteiger charge is 2.57. The second-order valence-corrected chi connectivity index (χ2v) is 10.5. The molecule has 0 atom stereocenters. The molecule has 3 heterocycles. The van der Waals surface area contributed by atoms with Gasteiger partial charge in [0.25, 0.3) is 5.91 Å². The summed E-state index contributed by atoms with van der Waals surface area (Å²) in [6.07, 6.45) is 6.46. The van der Waals surface area contributed by atoms with Gasteiger partial charge in [0.15, 0.2) is 0 Å². The molecule has 0 saturated carbocycles. The average molecular weight is 497 g/mol. The number of hydrogen-bond acceptors (Lipinski definition) is 4. The molecule has 2 aromatic carbocycles. The number of urea groups is 1. The van der Waals surface area contributed by atoms with Gasteiger partial charge >= 0.3 is 6.03 Å². The molecule has 2 aliphatic heterocycles. The van der Waals surface area contributed by atoms with Gasteiger partial charge in [0.05, 0.1) is 0 Å². The minimum absolute atomic E-state index is 0.0222. The Kier molecular flexibility index (Phi) is 7.38. The van der Waals surface area contributed by atoms with Crippen LogP contribution in [-0.4, -0.2) is 56.8 Å². The first-order valence-corrected chi connectivity index (χ1v) is 13.3. The summed E-state index contributed by atoms with van der Waals surface area (Å²) in [6.45, 7) is 7.64. The number of amides is 3. The van der Waals surface area contributed by atoms with E-state index >= 15 is 0 Å². The zero-order valence-electron chi connectivity index (χ0n) is 21.9. The highest BCUT2D eigenvalue weighted by Crippen LogP contribution is 2.39. The summed E-state index contributed by atoms with van der Waals surface area (Å²) in [4.78, 5) is 37.6. The summed E-state index contributed by atoms with van der Waals surface area (Å²) in [5.74, 6) is -0.0222. The van der Waals surface area contributed by atoms with E-state index in [1.165, 1.54) is 21.6 Å². The number of aromatic nitrogens is 1. The molecule has 6 heteroatoms. The Morgan fingerprint density at radius 2 is 1.65 bits per heavy atom. The van der Waals surface area contributed by atoms with Gasteiger partial charge in [-0.05, 0) is 67.9 Å². The van der Waals surface area contributed by atoms with Crippen molar-refractivity contribution in [2.24, 2.45) is 0 Å². The van der Waals surface area contributed by atoms with E-state index in [2.05, 4.69) is 41.9 Å². The van der Waals surface area contributed by atoms with Crippen molar-refractivity contribution >= 4 is 11.9 Å². The first kappa shape index (κ1) is 25.2. The number of imide groups is 1. The third-order valence-corrected chi connectivity index (χ3v) is 7.96. The van der Waals surface area contributed by atoms with E-state index in [9.17, 15) is 9.59 Å². The Morgan fingerprint density at radius 3 is 2.38 bits per heavy atom. The summed E-state index contributed by atoms with van der Waals surface area (Å²) >= 11 is 0. The second-order valence-electron chi connectivity index (χ2n) is 10.5. The lowest BCUT2D eigenvalue weighted by Gasteiger charge is -2.42. The van der Waals surface area contributed by atoms with Crippen molar-refractivity contribution < 1.29 is 9.59 Å². The number of aryl methyl sites for hydroxylation is 3. The smallest absolute Gasteiger partial charge is 0.305 e. The highest BCUT2D eigenvalue weighted by molar-refractivity contribution is 6.07. The second kappa shape index (κ2) is 10.9. The molecule has 6 nitrogen and oxygen atoms in total. The van der Waals surface area contributed by atoms with Gasteiger partial charge in [0.1, 0.15) is 5.54 Å². The monoisotopic (exact) mass is 496 g/mol. The van der Waals surface area contributed by atoms with E-state index in [4.69, 9.17) is 0 Å². The van der Waals surface area contributed by atoms with Gasteiger partial charge in [-0.1, -0.05) is 60.2 Å². The lowest BCUT2D eigenvalue weighted by molar-refractivity contribution is -0.136. The highest BCUT2D eigenvalue weighted by atomic mass is 16.2. The van der Waals surface area contributed by atoms with Crippen LogP contribution < -0.4 is 0 Å². The zero-order valence-corrected chi connectivity index (χ0v) is 21.9. The first-order chi connectivity index (χ1) is 18.0. The molecule has 3 aromatic rings. The van der Waals surface area contributed by atoms with E-state index in [1.54, 1.807) is 6.20 Å². The number of rotatable bonds is 8. The molecule has 2 saturated heterocycles. The number of nitrogens with zero attached hydrogens (tertiary/aromatic N) is 4. The lowest BCUT2D eigenvalue weighted by atomic mass is 9.85. The maximum atomic E-state index is 13.9. The van der Waals surface area contributed by atoms with Crippen LogP contribution in [0.25, 0.3) is 0 Å². The number of likely N-dealkylation sites (tertiary alicyclic amines) is 1. The van der Waals surface area contributed by atoms with Crippen LogP contribution in [0.4, 0.5) is 4.79 Å². The molecule has 0 bridgehead atoms. The predicted octanol–water partition coefficient (Wildman–Crippen LogP) is 5.13. The fourth-order valence-electron chi connectivity index (χ4n) is 5.73. The van der Waals surface area contributed by atoms with Crippen LogP contribution >= 0.6 is 0 Å². The van der Waals surface area contributed by atoms with Crippen molar-refractivity contribution in [1.82, 2.24) is 19.7 Å². The number of pyridine rings is 1. The Balaban J connectivity index is 1.32. The van der Waals surface area contributed by atoms with Gasteiger partial charge in [-0.15, -0.1) is 0 Å². The molecule has 37 heavy (non-hydrogen) atoms. The molecule has 3 amide bonds. The lowest BCUT2D eigenvalue weighted by Crippen LogP contribution is -2.56. The number of carbonyl (C=O) groups excluding carboxylic acids is 2. The fourth-order valence-corrected chi connectivity index (χ4v) is 5.73. The summed E-state index contributed by atoms with van der Waals surface area (Å²) in [7, 11) is 0. The summed E-state index contributed by atoms with van der Waals surface area (Å²) in [5, 5.41) is 0. The largest absolute Gasteiger partial charge is 0.327 e. The molecule has 2 aliphatic rings. The van der Waals surface area contributed by atoms with Crippen molar-refractivity contribution in [3.8, 4) is 0 Å². The molecule has 0 unspecified atom stereocenters. The summed E-state index contributed by atoms with van der Waals surface area (Å²) in [6, 6.07) is 20.4. The van der Waals surface area contributed by atoms with Crippen LogP contribution in [0.2, 0.25) is 0 Å². The standard InChI is InChI=1S/C31H36N4O2/c1-24-12-13-25(2)28(20-24)23-33-18-14-31(15-19-33)29(36)34(17-7-11-26-10-6-16-32-21-26)30(37)35(31)22-27-8-4-3-5-9-27/h3-6,8-10,12-13,16,20-21H,7,11,14-15,17-19,22-23H2,1-2H3. The number of benzene rings is 2. The molecule has 0 N–H and O–H groups in total. The number of carbonyl (C=O) groups is 2. The minimum Gasteiger partial charge on any atom is -0.305 e. The summed E-state index contributed by atoms with van der Waals surface area (Å²) < 4.78 is 0. The topological polar surface area (TPSA) is 56.8 Å². The SMILES string of the molecule is Cc1ccc(C)c(CN2CCC3(CC2)C(=O)N(CCCc2cccnc2)C(=O)N3Cc2ccccc2)c1. The first-order valence-electron chi connectivity index (χ1n) is 13.3. The van der Waals surface area contributed by atoms with Crippen molar-refractivity contribution in [2.75, 3.05) is 19.6 Å². The van der Waals surface area contributed by atoms with E-state index < -0.39 is 5.54 Å². The fraction of sp³-hybridized carbons (Fsp3) is 0.387. The van der Waals surface area contributed by atoms with Crippen LogP contribution in [0.5, 0.6) is 0 Å². The van der Waals surface area contributed by atoms with E-state index in [0.29, 0.717) is 25.9 Å². The quantitative estimate of drug-likeness (QED) is 0.406. The molecule has 0 radical (unpaired) electrons. The van der Waals surface area contributed by atoms with Gasteiger partial charge < -0.3 is 4.90 Å². The predicted molar refractivity (Wildman–Crippen MR) is 145 cm³/mol. The van der Waals surface area contributed by atoms with Crippen molar-refractivity contribution in [1.29, 1.82) is 0 Å². The number of hydrogen-bond donors (Lipinski definition) is 0. The normalized spacial score (nSPS) is 17.7. The van der Waals surface area contributed by atoms with Crippen LogP contribution in [0.3, 0.4) is 0 Å². The van der Waals surface area contributed by atoms with Crippen molar-refractivity contribution in [3.05, 3.63) is 101 Å². The number of piperidine rings is 1. The van der Waals surface area contributed by atoms with Crippen molar-refractivity contribution in [2.45, 2.75) is 58.2 Å². The Labute approximate surface area is 219 Å².